The molecule has 5 heteroatoms. The average Bonchev–Trinajstić information content (AvgIpc) is 3.49. The third-order valence-electron chi connectivity index (χ3n) is 4.59. The third-order valence-corrected chi connectivity index (χ3v) is 4.59. The molecular formula is C21H20FN3O. The molecule has 1 saturated carbocycles. The summed E-state index contributed by atoms with van der Waals surface area (Å²) in [6.07, 6.45) is 2.20. The average molecular weight is 349 g/mol. The van der Waals surface area contributed by atoms with Crippen LogP contribution in [0.2, 0.25) is 0 Å². The molecule has 3 aromatic rings. The number of hydrogen-bond donors (Lipinski definition) is 0. The Balaban J connectivity index is 1.59. The fourth-order valence-corrected chi connectivity index (χ4v) is 3.09. The van der Waals surface area contributed by atoms with Gasteiger partial charge in [0.25, 0.3) is 5.56 Å². The number of aromatic nitrogens is 2. The molecule has 0 amide bonds. The van der Waals surface area contributed by atoms with Crippen molar-refractivity contribution in [2.75, 3.05) is 0 Å². The van der Waals surface area contributed by atoms with Crippen molar-refractivity contribution >= 4 is 0 Å². The Morgan fingerprint density at radius 3 is 2.58 bits per heavy atom. The van der Waals surface area contributed by atoms with Gasteiger partial charge in [-0.1, -0.05) is 42.5 Å². The van der Waals surface area contributed by atoms with Gasteiger partial charge in [-0.05, 0) is 36.6 Å². The Kier molecular flexibility index (Phi) is 4.63. The molecule has 0 N–H and O–H groups in total. The second-order valence-corrected chi connectivity index (χ2v) is 6.67. The van der Waals surface area contributed by atoms with Gasteiger partial charge in [-0.3, -0.25) is 9.69 Å². The van der Waals surface area contributed by atoms with E-state index in [0.717, 1.165) is 29.7 Å². The second-order valence-electron chi connectivity index (χ2n) is 6.67. The van der Waals surface area contributed by atoms with Gasteiger partial charge >= 0.3 is 0 Å². The molecule has 0 radical (unpaired) electrons. The second kappa shape index (κ2) is 7.22. The standard InChI is InChI=1S/C21H20FN3O/c22-18-8-4-5-16(13-18)14-24(19-9-10-19)15-25-21(26)12-11-20(23-25)17-6-2-1-3-7-17/h1-8,11-13,19H,9-10,14-15H2. The van der Waals surface area contributed by atoms with Gasteiger partial charge in [0.05, 0.1) is 12.4 Å². The first kappa shape index (κ1) is 16.7. The number of rotatable bonds is 6. The minimum Gasteiger partial charge on any atom is -0.277 e. The van der Waals surface area contributed by atoms with E-state index >= 15 is 0 Å². The molecule has 2 aromatic carbocycles. The predicted molar refractivity (Wildman–Crippen MR) is 98.9 cm³/mol. The van der Waals surface area contributed by atoms with Gasteiger partial charge < -0.3 is 0 Å². The summed E-state index contributed by atoms with van der Waals surface area (Å²) in [7, 11) is 0. The van der Waals surface area contributed by atoms with Crippen LogP contribution in [0.5, 0.6) is 0 Å². The molecule has 0 saturated heterocycles. The summed E-state index contributed by atoms with van der Waals surface area (Å²) in [5.41, 5.74) is 2.52. The van der Waals surface area contributed by atoms with E-state index in [-0.39, 0.29) is 11.4 Å². The van der Waals surface area contributed by atoms with Gasteiger partial charge in [0.15, 0.2) is 0 Å². The summed E-state index contributed by atoms with van der Waals surface area (Å²) >= 11 is 0. The number of nitrogens with zero attached hydrogens (tertiary/aromatic N) is 3. The van der Waals surface area contributed by atoms with Crippen molar-refractivity contribution in [2.45, 2.75) is 32.1 Å². The van der Waals surface area contributed by atoms with E-state index in [9.17, 15) is 9.18 Å². The van der Waals surface area contributed by atoms with Gasteiger partial charge in [0, 0.05) is 24.2 Å². The Hall–Kier alpha value is -2.79. The summed E-state index contributed by atoms with van der Waals surface area (Å²) in [5.74, 6) is -0.236. The number of benzene rings is 2. The topological polar surface area (TPSA) is 38.1 Å². The van der Waals surface area contributed by atoms with E-state index in [1.165, 1.54) is 10.7 Å². The van der Waals surface area contributed by atoms with Crippen molar-refractivity contribution in [3.63, 3.8) is 0 Å². The van der Waals surface area contributed by atoms with Crippen LogP contribution in [0.1, 0.15) is 18.4 Å². The highest BCUT2D eigenvalue weighted by atomic mass is 19.1. The molecule has 0 atom stereocenters. The normalized spacial score (nSPS) is 13.9. The van der Waals surface area contributed by atoms with Gasteiger partial charge in [-0.25, -0.2) is 9.07 Å². The van der Waals surface area contributed by atoms with Gasteiger partial charge in [0.1, 0.15) is 5.82 Å². The largest absolute Gasteiger partial charge is 0.277 e. The molecule has 1 aliphatic rings. The maximum Gasteiger partial charge on any atom is 0.268 e. The molecule has 0 bridgehead atoms. The summed E-state index contributed by atoms with van der Waals surface area (Å²) in [6.45, 7) is 1.01. The van der Waals surface area contributed by atoms with E-state index in [1.807, 2.05) is 36.4 Å². The van der Waals surface area contributed by atoms with Crippen molar-refractivity contribution in [3.8, 4) is 11.3 Å². The van der Waals surface area contributed by atoms with Crippen LogP contribution in [0.4, 0.5) is 4.39 Å². The zero-order valence-electron chi connectivity index (χ0n) is 14.4. The van der Waals surface area contributed by atoms with Crippen LogP contribution in [0, 0.1) is 5.82 Å². The van der Waals surface area contributed by atoms with E-state index in [4.69, 9.17) is 0 Å². The smallest absolute Gasteiger partial charge is 0.268 e. The van der Waals surface area contributed by atoms with Gasteiger partial charge in [-0.2, -0.15) is 5.10 Å². The van der Waals surface area contributed by atoms with Gasteiger partial charge in [-0.15, -0.1) is 0 Å². The minimum absolute atomic E-state index is 0.130. The summed E-state index contributed by atoms with van der Waals surface area (Å²) in [5, 5.41) is 4.54. The fraction of sp³-hybridized carbons (Fsp3) is 0.238. The lowest BCUT2D eigenvalue weighted by molar-refractivity contribution is 0.184. The molecule has 0 unspecified atom stereocenters. The monoisotopic (exact) mass is 349 g/mol. The van der Waals surface area contributed by atoms with Crippen LogP contribution < -0.4 is 5.56 Å². The molecule has 132 valence electrons. The Labute approximate surface area is 151 Å². The molecule has 0 aliphatic heterocycles. The van der Waals surface area contributed by atoms with Crippen LogP contribution in [0.3, 0.4) is 0 Å². The zero-order valence-corrected chi connectivity index (χ0v) is 14.4. The lowest BCUT2D eigenvalue weighted by Gasteiger charge is -2.22. The molecule has 26 heavy (non-hydrogen) atoms. The summed E-state index contributed by atoms with van der Waals surface area (Å²) < 4.78 is 15.0. The first-order valence-electron chi connectivity index (χ1n) is 8.81. The molecule has 1 aliphatic carbocycles. The minimum atomic E-state index is -0.236. The highest BCUT2D eigenvalue weighted by Crippen LogP contribution is 2.28. The Morgan fingerprint density at radius 1 is 1.04 bits per heavy atom. The Bertz CT molecular complexity index is 951. The van der Waals surface area contributed by atoms with E-state index in [0.29, 0.717) is 19.3 Å². The van der Waals surface area contributed by atoms with Crippen molar-refractivity contribution in [3.05, 3.63) is 88.5 Å². The van der Waals surface area contributed by atoms with Crippen molar-refractivity contribution in [1.82, 2.24) is 14.7 Å². The van der Waals surface area contributed by atoms with Crippen LogP contribution in [-0.4, -0.2) is 20.7 Å². The van der Waals surface area contributed by atoms with Crippen LogP contribution in [0.25, 0.3) is 11.3 Å². The molecule has 4 rings (SSSR count). The number of hydrogen-bond acceptors (Lipinski definition) is 3. The summed E-state index contributed by atoms with van der Waals surface area (Å²) in [4.78, 5) is 14.5. The molecule has 1 fully saturated rings. The quantitative estimate of drug-likeness (QED) is 0.681. The van der Waals surface area contributed by atoms with Crippen LogP contribution in [0.15, 0.2) is 71.5 Å². The molecule has 0 spiro atoms. The highest BCUT2D eigenvalue weighted by molar-refractivity contribution is 5.57. The third kappa shape index (κ3) is 3.89. The lowest BCUT2D eigenvalue weighted by atomic mass is 10.1. The molecule has 1 aromatic heterocycles. The first-order chi connectivity index (χ1) is 12.7. The zero-order chi connectivity index (χ0) is 17.9. The predicted octanol–water partition coefficient (Wildman–Crippen LogP) is 3.67. The maximum atomic E-state index is 13.5. The SMILES string of the molecule is O=c1ccc(-c2ccccc2)nn1CN(Cc1cccc(F)c1)C1CC1. The lowest BCUT2D eigenvalue weighted by Crippen LogP contribution is -2.34. The van der Waals surface area contributed by atoms with Crippen LogP contribution in [-0.2, 0) is 13.2 Å². The van der Waals surface area contributed by atoms with Gasteiger partial charge in [0.2, 0.25) is 0 Å². The van der Waals surface area contributed by atoms with Crippen molar-refractivity contribution in [1.29, 1.82) is 0 Å². The maximum absolute atomic E-state index is 13.5. The van der Waals surface area contributed by atoms with E-state index in [2.05, 4.69) is 10.00 Å². The highest BCUT2D eigenvalue weighted by Gasteiger charge is 2.29. The van der Waals surface area contributed by atoms with E-state index < -0.39 is 0 Å². The van der Waals surface area contributed by atoms with Crippen LogP contribution >= 0.6 is 0 Å². The van der Waals surface area contributed by atoms with Crippen molar-refractivity contribution < 1.29 is 4.39 Å². The molecular weight excluding hydrogens is 329 g/mol. The number of halogens is 1. The Morgan fingerprint density at radius 2 is 1.85 bits per heavy atom. The van der Waals surface area contributed by atoms with E-state index in [1.54, 1.807) is 24.3 Å². The summed E-state index contributed by atoms with van der Waals surface area (Å²) in [6, 6.07) is 20.2. The molecule has 4 nitrogen and oxygen atoms in total. The fourth-order valence-electron chi connectivity index (χ4n) is 3.09. The first-order valence-corrected chi connectivity index (χ1v) is 8.81. The molecule has 1 heterocycles. The van der Waals surface area contributed by atoms with Crippen molar-refractivity contribution in [2.24, 2.45) is 0 Å².